The van der Waals surface area contributed by atoms with Crippen molar-refractivity contribution in [1.29, 1.82) is 0 Å². The average Bonchev–Trinajstić information content (AvgIpc) is 2.38. The molecule has 0 aliphatic carbocycles. The maximum Gasteiger partial charge on any atom is 0.329 e. The van der Waals surface area contributed by atoms with Gasteiger partial charge in [-0.2, -0.15) is 0 Å². The molecule has 0 saturated carbocycles. The lowest BCUT2D eigenvalue weighted by Gasteiger charge is -2.37. The number of anilines is 1. The Kier molecular flexibility index (Phi) is 4.13. The fraction of sp³-hybridized carbons (Fsp3) is 0.571. The number of H-pyrrole nitrogens is 1. The number of aromatic amines is 1. The molecule has 1 aromatic rings. The summed E-state index contributed by atoms with van der Waals surface area (Å²) in [5.41, 5.74) is -0.0940. The summed E-state index contributed by atoms with van der Waals surface area (Å²) in [6.45, 7) is 8.94. The Labute approximate surface area is 117 Å². The van der Waals surface area contributed by atoms with E-state index >= 15 is 0 Å². The zero-order valence-electron chi connectivity index (χ0n) is 12.2. The molecule has 1 aromatic heterocycles. The third-order valence-corrected chi connectivity index (χ3v) is 3.46. The van der Waals surface area contributed by atoms with Crippen LogP contribution in [0.3, 0.4) is 0 Å². The predicted octanol–water partition coefficient (Wildman–Crippen LogP) is 0.416. The van der Waals surface area contributed by atoms with E-state index in [4.69, 9.17) is 4.74 Å². The van der Waals surface area contributed by atoms with Gasteiger partial charge in [0.15, 0.2) is 0 Å². The molecule has 1 aliphatic rings. The summed E-state index contributed by atoms with van der Waals surface area (Å²) in [6.07, 6.45) is 2.22. The third-order valence-electron chi connectivity index (χ3n) is 3.46. The molecule has 1 aliphatic heterocycles. The second kappa shape index (κ2) is 5.66. The Morgan fingerprint density at radius 3 is 2.50 bits per heavy atom. The van der Waals surface area contributed by atoms with Gasteiger partial charge in [0.05, 0.1) is 17.8 Å². The number of aromatic nitrogens is 2. The van der Waals surface area contributed by atoms with Gasteiger partial charge in [0.1, 0.15) is 5.82 Å². The maximum absolute atomic E-state index is 12.2. The molecular weight excluding hydrogens is 258 g/mol. The van der Waals surface area contributed by atoms with E-state index in [1.54, 1.807) is 6.08 Å². The highest BCUT2D eigenvalue weighted by Gasteiger charge is 2.25. The lowest BCUT2D eigenvalue weighted by Crippen LogP contribution is -2.48. The fourth-order valence-electron chi connectivity index (χ4n) is 2.62. The highest BCUT2D eigenvalue weighted by atomic mass is 16.5. The van der Waals surface area contributed by atoms with Crippen LogP contribution >= 0.6 is 0 Å². The molecule has 6 nitrogen and oxygen atoms in total. The van der Waals surface area contributed by atoms with E-state index in [2.05, 4.69) is 11.6 Å². The van der Waals surface area contributed by atoms with Crippen LogP contribution in [-0.4, -0.2) is 34.8 Å². The molecule has 2 rings (SSSR count). The first kappa shape index (κ1) is 14.6. The highest BCUT2D eigenvalue weighted by Crippen LogP contribution is 2.19. The minimum absolute atomic E-state index is 0.0582. The summed E-state index contributed by atoms with van der Waals surface area (Å²) >= 11 is 0. The molecule has 6 heteroatoms. The van der Waals surface area contributed by atoms with E-state index in [1.807, 2.05) is 18.7 Å². The minimum Gasteiger partial charge on any atom is -0.372 e. The van der Waals surface area contributed by atoms with Gasteiger partial charge >= 0.3 is 5.69 Å². The molecule has 1 fully saturated rings. The standard InChI is InChI=1S/C14H21N3O3/c1-5-6-11-12(15-14(19)16(4)13(11)18)17-7-9(2)20-10(3)8-17/h5,9-10H,1,6-8H2,2-4H3,(H,15,19). The predicted molar refractivity (Wildman–Crippen MR) is 78.4 cm³/mol. The van der Waals surface area contributed by atoms with Crippen molar-refractivity contribution < 1.29 is 4.74 Å². The van der Waals surface area contributed by atoms with E-state index in [0.29, 0.717) is 30.9 Å². The third kappa shape index (κ3) is 2.70. The summed E-state index contributed by atoms with van der Waals surface area (Å²) in [7, 11) is 1.47. The molecule has 1 saturated heterocycles. The van der Waals surface area contributed by atoms with Crippen molar-refractivity contribution in [2.45, 2.75) is 32.5 Å². The molecule has 1 N–H and O–H groups in total. The summed E-state index contributed by atoms with van der Waals surface area (Å²) in [5.74, 6) is 0.597. The quantitative estimate of drug-likeness (QED) is 0.814. The maximum atomic E-state index is 12.2. The normalized spacial score (nSPS) is 22.9. The first-order chi connectivity index (χ1) is 9.43. The summed E-state index contributed by atoms with van der Waals surface area (Å²) in [6, 6.07) is 0. The summed E-state index contributed by atoms with van der Waals surface area (Å²) in [5, 5.41) is 0. The first-order valence-electron chi connectivity index (χ1n) is 6.77. The Bertz CT molecular complexity index is 607. The van der Waals surface area contributed by atoms with Gasteiger partial charge < -0.3 is 9.64 Å². The molecule has 110 valence electrons. The average molecular weight is 279 g/mol. The Morgan fingerprint density at radius 2 is 1.95 bits per heavy atom. The van der Waals surface area contributed by atoms with Gasteiger partial charge in [-0.1, -0.05) is 6.08 Å². The van der Waals surface area contributed by atoms with Crippen LogP contribution in [0.5, 0.6) is 0 Å². The SMILES string of the molecule is C=CCc1c(N2CC(C)OC(C)C2)[nH]c(=O)n(C)c1=O. The zero-order chi connectivity index (χ0) is 14.9. The van der Waals surface area contributed by atoms with Crippen molar-refractivity contribution in [1.82, 2.24) is 9.55 Å². The van der Waals surface area contributed by atoms with Crippen LogP contribution in [0.4, 0.5) is 5.82 Å². The molecule has 0 spiro atoms. The highest BCUT2D eigenvalue weighted by molar-refractivity contribution is 5.47. The van der Waals surface area contributed by atoms with Gasteiger partial charge in [0.2, 0.25) is 0 Å². The molecule has 0 aromatic carbocycles. The molecule has 2 atom stereocenters. The number of hydrogen-bond acceptors (Lipinski definition) is 4. The van der Waals surface area contributed by atoms with Gasteiger partial charge in [-0.25, -0.2) is 4.79 Å². The second-order valence-corrected chi connectivity index (χ2v) is 5.28. The smallest absolute Gasteiger partial charge is 0.329 e. The van der Waals surface area contributed by atoms with Crippen LogP contribution in [0.25, 0.3) is 0 Å². The molecule has 2 heterocycles. The number of rotatable bonds is 3. The number of allylic oxidation sites excluding steroid dienone is 1. The van der Waals surface area contributed by atoms with Crippen molar-refractivity contribution in [3.63, 3.8) is 0 Å². The van der Waals surface area contributed by atoms with Crippen LogP contribution < -0.4 is 16.1 Å². The number of nitrogens with zero attached hydrogens (tertiary/aromatic N) is 2. The van der Waals surface area contributed by atoms with Gasteiger partial charge in [-0.05, 0) is 20.3 Å². The molecule has 20 heavy (non-hydrogen) atoms. The first-order valence-corrected chi connectivity index (χ1v) is 6.77. The lowest BCUT2D eigenvalue weighted by atomic mass is 10.1. The molecule has 0 radical (unpaired) electrons. The number of hydrogen-bond donors (Lipinski definition) is 1. The fourth-order valence-corrected chi connectivity index (χ4v) is 2.62. The van der Waals surface area contributed by atoms with E-state index in [9.17, 15) is 9.59 Å². The largest absolute Gasteiger partial charge is 0.372 e. The van der Waals surface area contributed by atoms with Crippen LogP contribution in [0.1, 0.15) is 19.4 Å². The summed E-state index contributed by atoms with van der Waals surface area (Å²) in [4.78, 5) is 28.9. The van der Waals surface area contributed by atoms with Crippen molar-refractivity contribution in [2.75, 3.05) is 18.0 Å². The number of ether oxygens (including phenoxy) is 1. The Hall–Kier alpha value is -1.82. The molecule has 0 amide bonds. The van der Waals surface area contributed by atoms with Crippen molar-refractivity contribution in [2.24, 2.45) is 7.05 Å². The van der Waals surface area contributed by atoms with E-state index in [1.165, 1.54) is 7.05 Å². The number of nitrogens with one attached hydrogen (secondary N) is 1. The lowest BCUT2D eigenvalue weighted by molar-refractivity contribution is -0.00553. The number of morpholine rings is 1. The monoisotopic (exact) mass is 279 g/mol. The second-order valence-electron chi connectivity index (χ2n) is 5.28. The Morgan fingerprint density at radius 1 is 1.35 bits per heavy atom. The minimum atomic E-state index is -0.399. The summed E-state index contributed by atoms with van der Waals surface area (Å²) < 4.78 is 6.78. The van der Waals surface area contributed by atoms with Crippen molar-refractivity contribution >= 4 is 5.82 Å². The Balaban J connectivity index is 2.52. The molecular formula is C14H21N3O3. The van der Waals surface area contributed by atoms with Gasteiger partial charge in [-0.3, -0.25) is 14.3 Å². The van der Waals surface area contributed by atoms with E-state index in [0.717, 1.165) is 4.57 Å². The van der Waals surface area contributed by atoms with Gasteiger partial charge in [0, 0.05) is 20.1 Å². The van der Waals surface area contributed by atoms with E-state index in [-0.39, 0.29) is 17.8 Å². The van der Waals surface area contributed by atoms with Gasteiger partial charge in [0.25, 0.3) is 5.56 Å². The van der Waals surface area contributed by atoms with E-state index < -0.39 is 5.69 Å². The van der Waals surface area contributed by atoms with Crippen LogP contribution in [0, 0.1) is 0 Å². The molecule has 2 unspecified atom stereocenters. The van der Waals surface area contributed by atoms with Crippen molar-refractivity contribution in [3.05, 3.63) is 39.1 Å². The molecule has 0 bridgehead atoms. The topological polar surface area (TPSA) is 67.3 Å². The van der Waals surface area contributed by atoms with Gasteiger partial charge in [-0.15, -0.1) is 6.58 Å². The van der Waals surface area contributed by atoms with Crippen LogP contribution in [0.15, 0.2) is 22.2 Å². The zero-order valence-corrected chi connectivity index (χ0v) is 12.2. The van der Waals surface area contributed by atoms with Crippen LogP contribution in [-0.2, 0) is 18.2 Å². The van der Waals surface area contributed by atoms with Crippen molar-refractivity contribution in [3.8, 4) is 0 Å². The van der Waals surface area contributed by atoms with Crippen LogP contribution in [0.2, 0.25) is 0 Å².